The standard InChI is InChI=1S/C26H49NO3/c1-5-21-16-23(21)14-13-20(2)15-24-17-22(24)11-9-7-6-8-10-12-26(29)30-19-25(28)18-27(3)4/h20-25,28H,5-19H2,1-4H3. The van der Waals surface area contributed by atoms with Crippen molar-refractivity contribution >= 4 is 5.97 Å². The van der Waals surface area contributed by atoms with Crippen LogP contribution in [0, 0.1) is 29.6 Å². The van der Waals surface area contributed by atoms with Crippen molar-refractivity contribution in [1.82, 2.24) is 4.90 Å². The lowest BCUT2D eigenvalue weighted by molar-refractivity contribution is -0.147. The highest BCUT2D eigenvalue weighted by atomic mass is 16.5. The van der Waals surface area contributed by atoms with E-state index < -0.39 is 6.10 Å². The van der Waals surface area contributed by atoms with Crippen molar-refractivity contribution in [2.75, 3.05) is 27.2 Å². The second-order valence-corrected chi connectivity index (χ2v) is 10.7. The van der Waals surface area contributed by atoms with Gasteiger partial charge in [-0.2, -0.15) is 0 Å². The summed E-state index contributed by atoms with van der Waals surface area (Å²) in [4.78, 5) is 13.6. The van der Waals surface area contributed by atoms with Gasteiger partial charge in [0.2, 0.25) is 0 Å². The Morgan fingerprint density at radius 3 is 2.37 bits per heavy atom. The van der Waals surface area contributed by atoms with E-state index in [4.69, 9.17) is 4.74 Å². The Morgan fingerprint density at radius 2 is 1.67 bits per heavy atom. The van der Waals surface area contributed by atoms with E-state index in [9.17, 15) is 9.90 Å². The summed E-state index contributed by atoms with van der Waals surface area (Å²) in [7, 11) is 3.79. The van der Waals surface area contributed by atoms with Gasteiger partial charge in [-0.1, -0.05) is 58.8 Å². The summed E-state index contributed by atoms with van der Waals surface area (Å²) in [5, 5.41) is 9.70. The van der Waals surface area contributed by atoms with Crippen LogP contribution in [0.5, 0.6) is 0 Å². The molecule has 4 heteroatoms. The van der Waals surface area contributed by atoms with Crippen molar-refractivity contribution in [2.24, 2.45) is 29.6 Å². The van der Waals surface area contributed by atoms with E-state index in [0.29, 0.717) is 13.0 Å². The highest BCUT2D eigenvalue weighted by Gasteiger charge is 2.38. The van der Waals surface area contributed by atoms with Crippen molar-refractivity contribution in [3.05, 3.63) is 0 Å². The summed E-state index contributed by atoms with van der Waals surface area (Å²) in [6, 6.07) is 0. The molecule has 0 aliphatic heterocycles. The summed E-state index contributed by atoms with van der Waals surface area (Å²) in [5.41, 5.74) is 0. The molecule has 2 rings (SSSR count). The molecule has 6 atom stereocenters. The first-order valence-electron chi connectivity index (χ1n) is 12.9. The van der Waals surface area contributed by atoms with Crippen LogP contribution in [-0.4, -0.2) is 49.3 Å². The molecule has 2 saturated carbocycles. The van der Waals surface area contributed by atoms with E-state index in [0.717, 1.165) is 42.4 Å². The number of nitrogens with zero attached hydrogens (tertiary/aromatic N) is 1. The van der Waals surface area contributed by atoms with Crippen LogP contribution in [0.15, 0.2) is 0 Å². The SMILES string of the molecule is CCC1CC1CCC(C)CC1CC1CCCCCCCC(=O)OCC(O)CN(C)C. The maximum atomic E-state index is 11.7. The van der Waals surface area contributed by atoms with Crippen LogP contribution in [0.3, 0.4) is 0 Å². The summed E-state index contributed by atoms with van der Waals surface area (Å²) >= 11 is 0. The van der Waals surface area contributed by atoms with Crippen LogP contribution < -0.4 is 0 Å². The monoisotopic (exact) mass is 423 g/mol. The largest absolute Gasteiger partial charge is 0.463 e. The van der Waals surface area contributed by atoms with E-state index in [2.05, 4.69) is 13.8 Å². The summed E-state index contributed by atoms with van der Waals surface area (Å²) < 4.78 is 5.14. The lowest BCUT2D eigenvalue weighted by atomic mass is 9.95. The Kier molecular flexibility index (Phi) is 11.7. The van der Waals surface area contributed by atoms with Gasteiger partial charge in [-0.15, -0.1) is 0 Å². The van der Waals surface area contributed by atoms with E-state index in [1.54, 1.807) is 0 Å². The third kappa shape index (κ3) is 11.1. The number of aliphatic hydroxyl groups is 1. The molecule has 4 nitrogen and oxygen atoms in total. The van der Waals surface area contributed by atoms with E-state index in [-0.39, 0.29) is 12.6 Å². The Hall–Kier alpha value is -0.610. The third-order valence-electron chi connectivity index (χ3n) is 7.37. The molecule has 1 N–H and O–H groups in total. The van der Waals surface area contributed by atoms with Crippen LogP contribution >= 0.6 is 0 Å². The highest BCUT2D eigenvalue weighted by Crippen LogP contribution is 2.48. The maximum absolute atomic E-state index is 11.7. The molecular weight excluding hydrogens is 374 g/mol. The van der Waals surface area contributed by atoms with E-state index in [1.807, 2.05) is 19.0 Å². The smallest absolute Gasteiger partial charge is 0.305 e. The average molecular weight is 424 g/mol. The lowest BCUT2D eigenvalue weighted by Crippen LogP contribution is -2.30. The predicted molar refractivity (Wildman–Crippen MR) is 124 cm³/mol. The topological polar surface area (TPSA) is 49.8 Å². The van der Waals surface area contributed by atoms with Crippen LogP contribution in [0.25, 0.3) is 0 Å². The number of likely N-dealkylation sites (N-methyl/N-ethyl adjacent to an activating group) is 1. The number of ether oxygens (including phenoxy) is 1. The van der Waals surface area contributed by atoms with Gasteiger partial charge >= 0.3 is 5.97 Å². The summed E-state index contributed by atoms with van der Waals surface area (Å²) in [6.07, 6.45) is 16.0. The zero-order valence-corrected chi connectivity index (χ0v) is 20.3. The highest BCUT2D eigenvalue weighted by molar-refractivity contribution is 5.69. The van der Waals surface area contributed by atoms with Crippen molar-refractivity contribution in [2.45, 2.75) is 103 Å². The van der Waals surface area contributed by atoms with Crippen LogP contribution in [0.4, 0.5) is 0 Å². The van der Waals surface area contributed by atoms with Gasteiger partial charge in [-0.3, -0.25) is 4.79 Å². The predicted octanol–water partition coefficient (Wildman–Crippen LogP) is 5.67. The maximum Gasteiger partial charge on any atom is 0.305 e. The fourth-order valence-corrected chi connectivity index (χ4v) is 5.19. The third-order valence-corrected chi connectivity index (χ3v) is 7.37. The number of hydrogen-bond donors (Lipinski definition) is 1. The number of aliphatic hydroxyl groups excluding tert-OH is 1. The second kappa shape index (κ2) is 13.7. The Bertz CT molecular complexity index is 481. The number of unbranched alkanes of at least 4 members (excludes halogenated alkanes) is 4. The molecule has 0 aromatic rings. The van der Waals surface area contributed by atoms with Gasteiger partial charge in [0.15, 0.2) is 0 Å². The van der Waals surface area contributed by atoms with E-state index >= 15 is 0 Å². The van der Waals surface area contributed by atoms with Gasteiger partial charge in [0, 0.05) is 13.0 Å². The molecule has 30 heavy (non-hydrogen) atoms. The van der Waals surface area contributed by atoms with Crippen LogP contribution in [0.1, 0.15) is 97.3 Å². The molecule has 0 saturated heterocycles. The van der Waals surface area contributed by atoms with Gasteiger partial charge in [0.1, 0.15) is 12.7 Å². The zero-order valence-electron chi connectivity index (χ0n) is 20.3. The quantitative estimate of drug-likeness (QED) is 0.228. The van der Waals surface area contributed by atoms with Crippen molar-refractivity contribution in [1.29, 1.82) is 0 Å². The number of carbonyl (C=O) groups is 1. The minimum Gasteiger partial charge on any atom is -0.463 e. The molecule has 0 spiro atoms. The van der Waals surface area contributed by atoms with E-state index in [1.165, 1.54) is 64.2 Å². The lowest BCUT2D eigenvalue weighted by Gasteiger charge is -2.15. The molecule has 0 amide bonds. The average Bonchev–Trinajstić information content (AvgIpc) is 3.60. The fraction of sp³-hybridized carbons (Fsp3) is 0.962. The molecule has 176 valence electrons. The van der Waals surface area contributed by atoms with Crippen molar-refractivity contribution in [3.63, 3.8) is 0 Å². The number of esters is 1. The molecular formula is C26H49NO3. The molecule has 2 aliphatic carbocycles. The minimum atomic E-state index is -0.593. The fourth-order valence-electron chi connectivity index (χ4n) is 5.19. The molecule has 0 bridgehead atoms. The van der Waals surface area contributed by atoms with Crippen LogP contribution in [0.2, 0.25) is 0 Å². The normalized spacial score (nSPS) is 27.1. The Labute approximate surface area is 186 Å². The van der Waals surface area contributed by atoms with Gasteiger partial charge < -0.3 is 14.7 Å². The number of rotatable bonds is 18. The second-order valence-electron chi connectivity index (χ2n) is 10.7. The summed E-state index contributed by atoms with van der Waals surface area (Å²) in [5.74, 6) is 4.94. The van der Waals surface area contributed by atoms with Gasteiger partial charge in [-0.25, -0.2) is 0 Å². The van der Waals surface area contributed by atoms with Crippen molar-refractivity contribution < 1.29 is 14.6 Å². The first kappa shape index (κ1) is 25.6. The van der Waals surface area contributed by atoms with Crippen molar-refractivity contribution in [3.8, 4) is 0 Å². The first-order valence-corrected chi connectivity index (χ1v) is 12.9. The molecule has 0 heterocycles. The molecule has 0 aromatic heterocycles. The first-order chi connectivity index (χ1) is 14.4. The molecule has 2 fully saturated rings. The molecule has 2 aliphatic rings. The van der Waals surface area contributed by atoms with Gasteiger partial charge in [0.25, 0.3) is 0 Å². The van der Waals surface area contributed by atoms with Gasteiger partial charge in [-0.05, 0) is 75.8 Å². The van der Waals surface area contributed by atoms with Crippen LogP contribution in [-0.2, 0) is 9.53 Å². The Morgan fingerprint density at radius 1 is 1.00 bits per heavy atom. The number of hydrogen-bond acceptors (Lipinski definition) is 4. The number of carbonyl (C=O) groups excluding carboxylic acids is 1. The van der Waals surface area contributed by atoms with Gasteiger partial charge in [0.05, 0.1) is 0 Å². The summed E-state index contributed by atoms with van der Waals surface area (Å²) in [6.45, 7) is 5.45. The minimum absolute atomic E-state index is 0.109. The Balaban J connectivity index is 1.35. The molecule has 6 unspecified atom stereocenters. The molecule has 0 radical (unpaired) electrons. The molecule has 0 aromatic carbocycles. The zero-order chi connectivity index (χ0) is 21.9.